The smallest absolute Gasteiger partial charge is 0.225 e. The van der Waals surface area contributed by atoms with Crippen molar-refractivity contribution in [3.63, 3.8) is 0 Å². The van der Waals surface area contributed by atoms with E-state index in [0.717, 1.165) is 0 Å². The van der Waals surface area contributed by atoms with Gasteiger partial charge in [-0.15, -0.1) is 0 Å². The van der Waals surface area contributed by atoms with Crippen molar-refractivity contribution in [2.45, 2.75) is 45.3 Å². The molecule has 0 aliphatic carbocycles. The summed E-state index contributed by atoms with van der Waals surface area (Å²) in [5.41, 5.74) is -0.420. The minimum absolute atomic E-state index is 0.0440. The Morgan fingerprint density at radius 3 is 2.47 bits per heavy atom. The number of ether oxygens (including phenoxy) is 1. The molecule has 0 heterocycles. The number of hydrogen-bond donors (Lipinski definition) is 1. The van der Waals surface area contributed by atoms with Gasteiger partial charge in [0, 0.05) is 20.7 Å². The first-order valence-electron chi connectivity index (χ1n) is 5.25. The van der Waals surface area contributed by atoms with Crippen LogP contribution in [0.3, 0.4) is 0 Å². The van der Waals surface area contributed by atoms with E-state index >= 15 is 0 Å². The molecular weight excluding hydrogens is 194 g/mol. The van der Waals surface area contributed by atoms with Crippen molar-refractivity contribution >= 4 is 5.91 Å². The van der Waals surface area contributed by atoms with E-state index in [1.54, 1.807) is 26.0 Å². The van der Waals surface area contributed by atoms with Crippen molar-refractivity contribution in [2.24, 2.45) is 0 Å². The van der Waals surface area contributed by atoms with Crippen LogP contribution in [0.4, 0.5) is 0 Å². The molecular formula is C11H23NO3. The van der Waals surface area contributed by atoms with Gasteiger partial charge in [-0.05, 0) is 27.2 Å². The van der Waals surface area contributed by atoms with E-state index < -0.39 is 5.60 Å². The van der Waals surface area contributed by atoms with Gasteiger partial charge < -0.3 is 14.7 Å². The van der Waals surface area contributed by atoms with Crippen molar-refractivity contribution in [1.29, 1.82) is 0 Å². The Morgan fingerprint density at radius 1 is 1.53 bits per heavy atom. The Kier molecular flexibility index (Phi) is 5.83. The van der Waals surface area contributed by atoms with Crippen LogP contribution >= 0.6 is 0 Å². The molecule has 0 radical (unpaired) electrons. The van der Waals surface area contributed by atoms with Crippen LogP contribution in [0.1, 0.15) is 33.6 Å². The number of carbonyl (C=O) groups is 1. The number of aliphatic hydroxyl groups excluding tert-OH is 1. The third-order valence-electron chi connectivity index (χ3n) is 2.44. The lowest BCUT2D eigenvalue weighted by atomic mass is 10.0. The van der Waals surface area contributed by atoms with Crippen LogP contribution in [-0.4, -0.2) is 48.3 Å². The number of rotatable bonds is 6. The lowest BCUT2D eigenvalue weighted by Crippen LogP contribution is -2.36. The summed E-state index contributed by atoms with van der Waals surface area (Å²) in [7, 11) is 3.35. The highest BCUT2D eigenvalue weighted by Crippen LogP contribution is 2.14. The summed E-state index contributed by atoms with van der Waals surface area (Å²) < 4.78 is 5.19. The van der Waals surface area contributed by atoms with Gasteiger partial charge in [0.2, 0.25) is 5.91 Å². The first-order chi connectivity index (χ1) is 6.78. The number of amides is 1. The molecule has 4 heteroatoms. The van der Waals surface area contributed by atoms with Crippen molar-refractivity contribution < 1.29 is 14.6 Å². The summed E-state index contributed by atoms with van der Waals surface area (Å²) in [5.74, 6) is 0.0440. The maximum absolute atomic E-state index is 11.7. The lowest BCUT2D eigenvalue weighted by molar-refractivity contribution is -0.135. The zero-order valence-electron chi connectivity index (χ0n) is 10.4. The molecule has 1 atom stereocenters. The Balaban J connectivity index is 3.99. The second kappa shape index (κ2) is 6.08. The summed E-state index contributed by atoms with van der Waals surface area (Å²) >= 11 is 0. The SMILES string of the molecule is COC(C)(C)CC(=O)N(C)CCC(C)O. The van der Waals surface area contributed by atoms with E-state index in [-0.39, 0.29) is 12.0 Å². The molecule has 0 rings (SSSR count). The fourth-order valence-electron chi connectivity index (χ4n) is 1.08. The molecule has 1 N–H and O–H groups in total. The minimum atomic E-state index is -0.420. The third kappa shape index (κ3) is 6.47. The molecule has 0 aromatic heterocycles. The van der Waals surface area contributed by atoms with Gasteiger partial charge >= 0.3 is 0 Å². The Bertz CT molecular complexity index is 202. The number of aliphatic hydroxyl groups is 1. The summed E-state index contributed by atoms with van der Waals surface area (Å²) in [4.78, 5) is 13.3. The van der Waals surface area contributed by atoms with Gasteiger partial charge in [0.15, 0.2) is 0 Å². The predicted octanol–water partition coefficient (Wildman–Crippen LogP) is 1.03. The van der Waals surface area contributed by atoms with Gasteiger partial charge in [-0.1, -0.05) is 0 Å². The maximum atomic E-state index is 11.7. The van der Waals surface area contributed by atoms with E-state index in [9.17, 15) is 4.79 Å². The topological polar surface area (TPSA) is 49.8 Å². The number of methoxy groups -OCH3 is 1. The van der Waals surface area contributed by atoms with Crippen molar-refractivity contribution in [3.05, 3.63) is 0 Å². The van der Waals surface area contributed by atoms with E-state index in [4.69, 9.17) is 9.84 Å². The molecule has 1 amide bonds. The summed E-state index contributed by atoms with van der Waals surface area (Å²) in [5, 5.41) is 9.10. The highest BCUT2D eigenvalue weighted by atomic mass is 16.5. The highest BCUT2D eigenvalue weighted by molar-refractivity contribution is 5.76. The van der Waals surface area contributed by atoms with E-state index in [0.29, 0.717) is 19.4 Å². The molecule has 15 heavy (non-hydrogen) atoms. The maximum Gasteiger partial charge on any atom is 0.225 e. The average Bonchev–Trinajstić information content (AvgIpc) is 2.13. The number of hydrogen-bond acceptors (Lipinski definition) is 3. The van der Waals surface area contributed by atoms with Gasteiger partial charge in [-0.2, -0.15) is 0 Å². The molecule has 0 aliphatic heterocycles. The first kappa shape index (κ1) is 14.4. The monoisotopic (exact) mass is 217 g/mol. The lowest BCUT2D eigenvalue weighted by Gasteiger charge is -2.26. The average molecular weight is 217 g/mol. The molecule has 0 saturated carbocycles. The zero-order chi connectivity index (χ0) is 12.1. The molecule has 0 bridgehead atoms. The van der Waals surface area contributed by atoms with Gasteiger partial charge in [0.05, 0.1) is 18.1 Å². The standard InChI is InChI=1S/C11H23NO3/c1-9(13)6-7-12(4)10(14)8-11(2,3)15-5/h9,13H,6-8H2,1-5H3. The fraction of sp³-hybridized carbons (Fsp3) is 0.909. The largest absolute Gasteiger partial charge is 0.393 e. The molecule has 0 aromatic rings. The second-order valence-corrected chi connectivity index (χ2v) is 4.59. The van der Waals surface area contributed by atoms with Crippen molar-refractivity contribution in [1.82, 2.24) is 4.90 Å². The third-order valence-corrected chi connectivity index (χ3v) is 2.44. The predicted molar refractivity (Wildman–Crippen MR) is 59.6 cm³/mol. The molecule has 0 spiro atoms. The summed E-state index contributed by atoms with van der Waals surface area (Å²) in [6.45, 7) is 6.06. The van der Waals surface area contributed by atoms with Crippen LogP contribution in [0.5, 0.6) is 0 Å². The summed E-state index contributed by atoms with van der Waals surface area (Å²) in [6, 6.07) is 0. The van der Waals surface area contributed by atoms with E-state index in [1.807, 2.05) is 13.8 Å². The molecule has 1 unspecified atom stereocenters. The molecule has 4 nitrogen and oxygen atoms in total. The van der Waals surface area contributed by atoms with Gasteiger partial charge in [-0.25, -0.2) is 0 Å². The molecule has 0 aromatic carbocycles. The minimum Gasteiger partial charge on any atom is -0.393 e. The van der Waals surface area contributed by atoms with E-state index in [1.165, 1.54) is 0 Å². The van der Waals surface area contributed by atoms with Crippen LogP contribution in [0.2, 0.25) is 0 Å². The fourth-order valence-corrected chi connectivity index (χ4v) is 1.08. The van der Waals surface area contributed by atoms with Crippen LogP contribution < -0.4 is 0 Å². The number of carbonyl (C=O) groups excluding carboxylic acids is 1. The van der Waals surface area contributed by atoms with Crippen LogP contribution in [-0.2, 0) is 9.53 Å². The van der Waals surface area contributed by atoms with Crippen LogP contribution in [0.25, 0.3) is 0 Å². The van der Waals surface area contributed by atoms with Crippen LogP contribution in [0.15, 0.2) is 0 Å². The number of nitrogens with zero attached hydrogens (tertiary/aromatic N) is 1. The van der Waals surface area contributed by atoms with Crippen LogP contribution in [0, 0.1) is 0 Å². The van der Waals surface area contributed by atoms with Crippen molar-refractivity contribution in [3.8, 4) is 0 Å². The second-order valence-electron chi connectivity index (χ2n) is 4.59. The zero-order valence-corrected chi connectivity index (χ0v) is 10.4. The van der Waals surface area contributed by atoms with Gasteiger partial charge in [0.1, 0.15) is 0 Å². The van der Waals surface area contributed by atoms with E-state index in [2.05, 4.69) is 0 Å². The first-order valence-corrected chi connectivity index (χ1v) is 5.25. The molecule has 0 aliphatic rings. The Morgan fingerprint density at radius 2 is 2.07 bits per heavy atom. The van der Waals surface area contributed by atoms with Crippen molar-refractivity contribution in [2.75, 3.05) is 20.7 Å². The summed E-state index contributed by atoms with van der Waals surface area (Å²) in [6.07, 6.45) is 0.603. The Hall–Kier alpha value is -0.610. The van der Waals surface area contributed by atoms with Gasteiger partial charge in [0.25, 0.3) is 0 Å². The Labute approximate surface area is 92.2 Å². The quantitative estimate of drug-likeness (QED) is 0.723. The normalized spacial score (nSPS) is 13.7. The van der Waals surface area contributed by atoms with Gasteiger partial charge in [-0.3, -0.25) is 4.79 Å². The molecule has 0 saturated heterocycles. The highest BCUT2D eigenvalue weighted by Gasteiger charge is 2.23. The molecule has 0 fully saturated rings. The molecule has 90 valence electrons.